The lowest BCUT2D eigenvalue weighted by molar-refractivity contribution is 0.408. The molecule has 2 nitrogen and oxygen atoms in total. The van der Waals surface area contributed by atoms with E-state index in [0.717, 1.165) is 17.8 Å². The largest absolute Gasteiger partial charge is 0.261 e. The number of benzene rings is 2. The third kappa shape index (κ3) is 3.44. The van der Waals surface area contributed by atoms with Gasteiger partial charge in [0.15, 0.2) is 0 Å². The van der Waals surface area contributed by atoms with Crippen LogP contribution >= 0.6 is 0 Å². The maximum atomic E-state index is 4.79. The average molecular weight is 354 g/mol. The summed E-state index contributed by atoms with van der Waals surface area (Å²) >= 11 is 0. The molecule has 0 spiro atoms. The van der Waals surface area contributed by atoms with Gasteiger partial charge in [0, 0.05) is 34.4 Å². The van der Waals surface area contributed by atoms with Gasteiger partial charge in [-0.15, -0.1) is 0 Å². The van der Waals surface area contributed by atoms with Gasteiger partial charge in [0.1, 0.15) is 0 Å². The van der Waals surface area contributed by atoms with Crippen molar-refractivity contribution in [2.75, 3.05) is 0 Å². The van der Waals surface area contributed by atoms with Gasteiger partial charge in [-0.2, -0.15) is 0 Å². The number of hydrogen-bond acceptors (Lipinski definition) is 2. The zero-order chi connectivity index (χ0) is 19.2. The van der Waals surface area contributed by atoms with Crippen LogP contribution in [0.15, 0.2) is 54.9 Å². The molecule has 27 heavy (non-hydrogen) atoms. The van der Waals surface area contributed by atoms with Gasteiger partial charge in [0.05, 0.1) is 5.69 Å². The molecule has 2 heterocycles. The minimum absolute atomic E-state index is 0.196. The van der Waals surface area contributed by atoms with Crippen LogP contribution in [0.1, 0.15) is 37.6 Å². The minimum atomic E-state index is 0.196. The van der Waals surface area contributed by atoms with Crippen LogP contribution < -0.4 is 0 Å². The first-order valence-corrected chi connectivity index (χ1v) is 9.56. The Bertz CT molecular complexity index is 1130. The molecule has 0 amide bonds. The van der Waals surface area contributed by atoms with Crippen molar-refractivity contribution in [2.24, 2.45) is 5.41 Å². The van der Waals surface area contributed by atoms with Crippen LogP contribution in [-0.2, 0) is 6.42 Å². The summed E-state index contributed by atoms with van der Waals surface area (Å²) in [4.78, 5) is 9.50. The van der Waals surface area contributed by atoms with E-state index in [1.54, 1.807) is 0 Å². The second-order valence-electron chi connectivity index (χ2n) is 8.79. The van der Waals surface area contributed by atoms with Crippen LogP contribution in [0.3, 0.4) is 0 Å². The maximum absolute atomic E-state index is 4.79. The molecule has 0 bridgehead atoms. The molecule has 0 fully saturated rings. The molecule has 0 unspecified atom stereocenters. The van der Waals surface area contributed by atoms with E-state index in [4.69, 9.17) is 9.97 Å². The van der Waals surface area contributed by atoms with E-state index >= 15 is 0 Å². The minimum Gasteiger partial charge on any atom is -0.261 e. The van der Waals surface area contributed by atoms with E-state index in [0.29, 0.717) is 0 Å². The smallest absolute Gasteiger partial charge is 0.0786 e. The molecule has 136 valence electrons. The van der Waals surface area contributed by atoms with E-state index < -0.39 is 0 Å². The first-order chi connectivity index (χ1) is 12.8. The highest BCUT2D eigenvalue weighted by Crippen LogP contribution is 2.35. The molecule has 0 atom stereocenters. The van der Waals surface area contributed by atoms with Crippen molar-refractivity contribution in [3.8, 4) is 11.3 Å². The van der Waals surface area contributed by atoms with Crippen LogP contribution in [0.2, 0.25) is 0 Å². The number of rotatable bonds is 2. The van der Waals surface area contributed by atoms with Crippen molar-refractivity contribution >= 4 is 21.5 Å². The van der Waals surface area contributed by atoms with E-state index in [1.165, 1.54) is 38.2 Å². The molecule has 0 radical (unpaired) electrons. The number of aryl methyl sites for hydroxylation is 2. The Labute approximate surface area is 161 Å². The quantitative estimate of drug-likeness (QED) is 0.376. The maximum Gasteiger partial charge on any atom is 0.0786 e. The van der Waals surface area contributed by atoms with Crippen LogP contribution in [0.25, 0.3) is 32.8 Å². The van der Waals surface area contributed by atoms with Crippen molar-refractivity contribution in [3.05, 3.63) is 71.7 Å². The Kier molecular flexibility index (Phi) is 4.22. The summed E-state index contributed by atoms with van der Waals surface area (Å²) in [5.41, 5.74) is 6.12. The van der Waals surface area contributed by atoms with Gasteiger partial charge in [-0.25, -0.2) is 0 Å². The Hall–Kier alpha value is -2.74. The predicted molar refractivity (Wildman–Crippen MR) is 115 cm³/mol. The lowest BCUT2D eigenvalue weighted by Crippen LogP contribution is -2.10. The molecular formula is C25H26N2. The third-order valence-corrected chi connectivity index (χ3v) is 4.95. The Morgan fingerprint density at radius 2 is 1.48 bits per heavy atom. The van der Waals surface area contributed by atoms with Crippen molar-refractivity contribution < 1.29 is 0 Å². The van der Waals surface area contributed by atoms with Crippen molar-refractivity contribution in [1.29, 1.82) is 0 Å². The van der Waals surface area contributed by atoms with E-state index in [2.05, 4.69) is 77.1 Å². The normalized spacial score (nSPS) is 12.0. The Morgan fingerprint density at radius 1 is 0.778 bits per heavy atom. The fraction of sp³-hybridized carbons (Fsp3) is 0.280. The van der Waals surface area contributed by atoms with E-state index in [-0.39, 0.29) is 5.41 Å². The first-order valence-electron chi connectivity index (χ1n) is 9.56. The van der Waals surface area contributed by atoms with Gasteiger partial charge in [-0.05, 0) is 60.7 Å². The summed E-state index contributed by atoms with van der Waals surface area (Å²) in [6, 6.07) is 15.3. The lowest BCUT2D eigenvalue weighted by atomic mass is 9.88. The van der Waals surface area contributed by atoms with Gasteiger partial charge in [-0.3, -0.25) is 9.97 Å². The van der Waals surface area contributed by atoms with Gasteiger partial charge < -0.3 is 0 Å². The summed E-state index contributed by atoms with van der Waals surface area (Å²) in [7, 11) is 0. The molecule has 0 aliphatic rings. The van der Waals surface area contributed by atoms with E-state index in [1.807, 2.05) is 12.4 Å². The molecule has 2 aromatic heterocycles. The molecule has 4 rings (SSSR count). The highest BCUT2D eigenvalue weighted by atomic mass is 14.7. The molecule has 0 aliphatic heterocycles. The SMILES string of the molecule is Cc1cc(C)cc(-c2nccc3ccc4c(CC(C)(C)C)nccc4c23)c1. The molecule has 2 heteroatoms. The summed E-state index contributed by atoms with van der Waals surface area (Å²) in [6.45, 7) is 11.1. The summed E-state index contributed by atoms with van der Waals surface area (Å²) in [6.07, 6.45) is 4.81. The molecule has 0 saturated heterocycles. The molecule has 0 N–H and O–H groups in total. The average Bonchev–Trinajstić information content (AvgIpc) is 2.59. The fourth-order valence-electron chi connectivity index (χ4n) is 3.97. The summed E-state index contributed by atoms with van der Waals surface area (Å²) < 4.78 is 0. The first kappa shape index (κ1) is 17.7. The zero-order valence-electron chi connectivity index (χ0n) is 16.8. The Balaban J connectivity index is 2.05. The van der Waals surface area contributed by atoms with Crippen LogP contribution in [-0.4, -0.2) is 9.97 Å². The van der Waals surface area contributed by atoms with Crippen molar-refractivity contribution in [3.63, 3.8) is 0 Å². The number of pyridine rings is 2. The number of hydrogen-bond donors (Lipinski definition) is 0. The summed E-state index contributed by atoms with van der Waals surface area (Å²) in [5, 5.41) is 4.92. The second-order valence-corrected chi connectivity index (χ2v) is 8.79. The third-order valence-electron chi connectivity index (χ3n) is 4.95. The highest BCUT2D eigenvalue weighted by Gasteiger charge is 2.16. The molecule has 4 aromatic rings. The van der Waals surface area contributed by atoms with Crippen LogP contribution in [0.5, 0.6) is 0 Å². The molecule has 0 saturated carbocycles. The van der Waals surface area contributed by atoms with Crippen LogP contribution in [0.4, 0.5) is 0 Å². The number of nitrogens with zero attached hydrogens (tertiary/aromatic N) is 2. The lowest BCUT2D eigenvalue weighted by Gasteiger charge is -2.19. The number of aromatic nitrogens is 2. The van der Waals surface area contributed by atoms with Crippen molar-refractivity contribution in [1.82, 2.24) is 9.97 Å². The highest BCUT2D eigenvalue weighted by molar-refractivity contribution is 6.13. The van der Waals surface area contributed by atoms with E-state index in [9.17, 15) is 0 Å². The Morgan fingerprint density at radius 3 is 2.19 bits per heavy atom. The molecule has 2 aromatic carbocycles. The number of fused-ring (bicyclic) bond motifs is 3. The van der Waals surface area contributed by atoms with Gasteiger partial charge in [-0.1, -0.05) is 50.1 Å². The van der Waals surface area contributed by atoms with Crippen molar-refractivity contribution in [2.45, 2.75) is 41.0 Å². The monoisotopic (exact) mass is 354 g/mol. The topological polar surface area (TPSA) is 25.8 Å². The molecule has 0 aliphatic carbocycles. The van der Waals surface area contributed by atoms with Crippen LogP contribution in [0, 0.1) is 19.3 Å². The second kappa shape index (κ2) is 6.45. The standard InChI is InChI=1S/C25H26N2/c1-16-12-17(2)14-19(13-16)24-23-18(8-10-27-24)6-7-20-21(23)9-11-26-22(20)15-25(3,4)5/h6-14H,15H2,1-5H3. The fourth-order valence-corrected chi connectivity index (χ4v) is 3.97. The zero-order valence-corrected chi connectivity index (χ0v) is 16.8. The summed E-state index contributed by atoms with van der Waals surface area (Å²) in [5.74, 6) is 0. The van der Waals surface area contributed by atoms with Gasteiger partial charge in [0.25, 0.3) is 0 Å². The van der Waals surface area contributed by atoms with Gasteiger partial charge in [0.2, 0.25) is 0 Å². The van der Waals surface area contributed by atoms with Gasteiger partial charge >= 0.3 is 0 Å². The molecular weight excluding hydrogens is 328 g/mol. The predicted octanol–water partition coefficient (Wildman–Crippen LogP) is 6.66.